The predicted octanol–water partition coefficient (Wildman–Crippen LogP) is 3.32. The van der Waals surface area contributed by atoms with Gasteiger partial charge >= 0.3 is 6.09 Å². The smallest absolute Gasteiger partial charge is 0.410 e. The van der Waals surface area contributed by atoms with Crippen molar-refractivity contribution in [3.63, 3.8) is 0 Å². The number of pyridine rings is 1. The Hall–Kier alpha value is -1.63. The van der Waals surface area contributed by atoms with Gasteiger partial charge in [0.25, 0.3) is 5.91 Å². The molecule has 0 aromatic carbocycles. The lowest BCUT2D eigenvalue weighted by molar-refractivity contribution is 0.0630. The van der Waals surface area contributed by atoms with Crippen LogP contribution in [0.1, 0.15) is 43.5 Å². The fourth-order valence-corrected chi connectivity index (χ4v) is 4.07. The maximum absolute atomic E-state index is 12.6. The third kappa shape index (κ3) is 4.14. The van der Waals surface area contributed by atoms with E-state index < -0.39 is 0 Å². The van der Waals surface area contributed by atoms with Crippen molar-refractivity contribution in [2.75, 3.05) is 19.7 Å². The lowest BCUT2D eigenvalue weighted by Crippen LogP contribution is -2.50. The van der Waals surface area contributed by atoms with Gasteiger partial charge in [-0.1, -0.05) is 13.8 Å². The molecule has 0 radical (unpaired) electrons. The molecule has 0 N–H and O–H groups in total. The molecule has 2 fully saturated rings. The molecule has 1 aromatic rings. The summed E-state index contributed by atoms with van der Waals surface area (Å²) in [6.45, 7) is 6.10. The third-order valence-electron chi connectivity index (χ3n) is 4.84. The number of hydrogen-bond donors (Lipinski definition) is 0. The monoisotopic (exact) mass is 409 g/mol. The van der Waals surface area contributed by atoms with Crippen LogP contribution in [-0.2, 0) is 4.74 Å². The SMILES string of the molecule is CC(C)CC1COC(=O)N1C1CCN(C(=O)c2cncc(Br)c2)CC1. The van der Waals surface area contributed by atoms with E-state index in [4.69, 9.17) is 4.74 Å². The van der Waals surface area contributed by atoms with Crippen molar-refractivity contribution in [2.24, 2.45) is 5.92 Å². The van der Waals surface area contributed by atoms with Gasteiger partial charge in [-0.25, -0.2) is 4.79 Å². The first-order valence-electron chi connectivity index (χ1n) is 8.80. The van der Waals surface area contributed by atoms with Crippen LogP contribution in [0.2, 0.25) is 0 Å². The Morgan fingerprint density at radius 1 is 1.36 bits per heavy atom. The third-order valence-corrected chi connectivity index (χ3v) is 5.28. The zero-order chi connectivity index (χ0) is 18.0. The molecule has 6 nitrogen and oxygen atoms in total. The average molecular weight is 410 g/mol. The van der Waals surface area contributed by atoms with Gasteiger partial charge in [0.05, 0.1) is 11.6 Å². The second-order valence-electron chi connectivity index (χ2n) is 7.18. The molecule has 1 aromatic heterocycles. The molecule has 2 saturated heterocycles. The lowest BCUT2D eigenvalue weighted by atomic mass is 9.98. The number of hydrogen-bond acceptors (Lipinski definition) is 4. The van der Waals surface area contributed by atoms with Gasteiger partial charge in [0, 0.05) is 36.0 Å². The molecule has 3 heterocycles. The summed E-state index contributed by atoms with van der Waals surface area (Å²) in [5.74, 6) is 0.516. The zero-order valence-electron chi connectivity index (χ0n) is 14.7. The highest BCUT2D eigenvalue weighted by Crippen LogP contribution is 2.27. The molecule has 136 valence electrons. The van der Waals surface area contributed by atoms with E-state index in [1.165, 1.54) is 0 Å². The second-order valence-corrected chi connectivity index (χ2v) is 8.10. The average Bonchev–Trinajstić information content (AvgIpc) is 2.94. The van der Waals surface area contributed by atoms with Gasteiger partial charge < -0.3 is 9.64 Å². The number of cyclic esters (lactones) is 1. The number of amides is 2. The van der Waals surface area contributed by atoms with Gasteiger partial charge in [-0.3, -0.25) is 14.7 Å². The molecular weight excluding hydrogens is 386 g/mol. The summed E-state index contributed by atoms with van der Waals surface area (Å²) in [5.41, 5.74) is 0.589. The number of carbonyl (C=O) groups is 2. The minimum Gasteiger partial charge on any atom is -0.447 e. The molecule has 1 unspecified atom stereocenters. The van der Waals surface area contributed by atoms with Crippen LogP contribution in [0.15, 0.2) is 22.9 Å². The molecule has 2 aliphatic heterocycles. The largest absolute Gasteiger partial charge is 0.447 e. The summed E-state index contributed by atoms with van der Waals surface area (Å²) in [4.78, 5) is 32.6. The van der Waals surface area contributed by atoms with Crippen LogP contribution >= 0.6 is 15.9 Å². The fraction of sp³-hybridized carbons (Fsp3) is 0.611. The van der Waals surface area contributed by atoms with Crippen molar-refractivity contribution in [1.29, 1.82) is 0 Å². The number of carbonyl (C=O) groups excluding carboxylic acids is 2. The van der Waals surface area contributed by atoms with E-state index in [-0.39, 0.29) is 24.1 Å². The highest BCUT2D eigenvalue weighted by atomic mass is 79.9. The first kappa shape index (κ1) is 18.2. The van der Waals surface area contributed by atoms with Gasteiger partial charge in [-0.15, -0.1) is 0 Å². The second kappa shape index (κ2) is 7.72. The van der Waals surface area contributed by atoms with Crippen molar-refractivity contribution in [2.45, 2.75) is 45.2 Å². The van der Waals surface area contributed by atoms with Crippen molar-refractivity contribution in [1.82, 2.24) is 14.8 Å². The number of aromatic nitrogens is 1. The van der Waals surface area contributed by atoms with Crippen LogP contribution in [-0.4, -0.2) is 58.6 Å². The number of ether oxygens (including phenoxy) is 1. The van der Waals surface area contributed by atoms with Crippen LogP contribution in [0.5, 0.6) is 0 Å². The van der Waals surface area contributed by atoms with Crippen molar-refractivity contribution >= 4 is 27.9 Å². The number of piperidine rings is 1. The molecule has 0 spiro atoms. The Balaban J connectivity index is 1.61. The zero-order valence-corrected chi connectivity index (χ0v) is 16.2. The molecule has 0 bridgehead atoms. The van der Waals surface area contributed by atoms with Crippen molar-refractivity contribution < 1.29 is 14.3 Å². The van der Waals surface area contributed by atoms with E-state index in [0.29, 0.717) is 31.2 Å². The van der Waals surface area contributed by atoms with Gasteiger partial charge in [-0.05, 0) is 47.2 Å². The normalized spacial score (nSPS) is 21.8. The number of halogens is 1. The molecule has 2 aliphatic rings. The maximum Gasteiger partial charge on any atom is 0.410 e. The number of likely N-dealkylation sites (tertiary alicyclic amines) is 1. The van der Waals surface area contributed by atoms with Gasteiger partial charge in [-0.2, -0.15) is 0 Å². The van der Waals surface area contributed by atoms with E-state index in [1.807, 2.05) is 9.80 Å². The van der Waals surface area contributed by atoms with Crippen LogP contribution in [0.4, 0.5) is 4.79 Å². The predicted molar refractivity (Wildman–Crippen MR) is 97.3 cm³/mol. The van der Waals surface area contributed by atoms with Crippen molar-refractivity contribution in [3.05, 3.63) is 28.5 Å². The van der Waals surface area contributed by atoms with Gasteiger partial charge in [0.15, 0.2) is 0 Å². The first-order chi connectivity index (χ1) is 12.0. The number of rotatable bonds is 4. The minimum absolute atomic E-state index is 0.00465. The Morgan fingerprint density at radius 3 is 2.72 bits per heavy atom. The summed E-state index contributed by atoms with van der Waals surface area (Å²) >= 11 is 3.35. The Bertz CT molecular complexity index is 644. The molecule has 25 heavy (non-hydrogen) atoms. The topological polar surface area (TPSA) is 62.7 Å². The standard InChI is InChI=1S/C18H24BrN3O3/c1-12(2)7-16-11-25-18(24)22(16)15-3-5-21(6-4-15)17(23)13-8-14(19)10-20-9-13/h8-10,12,15-16H,3-7,11H2,1-2H3. The molecular formula is C18H24BrN3O3. The van der Waals surface area contributed by atoms with E-state index in [2.05, 4.69) is 34.8 Å². The minimum atomic E-state index is -0.202. The Kier molecular flexibility index (Phi) is 5.61. The highest BCUT2D eigenvalue weighted by molar-refractivity contribution is 9.10. The molecule has 1 atom stereocenters. The van der Waals surface area contributed by atoms with E-state index in [0.717, 1.165) is 23.7 Å². The molecule has 0 saturated carbocycles. The summed E-state index contributed by atoms with van der Waals surface area (Å²) < 4.78 is 6.08. The first-order valence-corrected chi connectivity index (χ1v) is 9.60. The molecule has 2 amide bonds. The van der Waals surface area contributed by atoms with Crippen molar-refractivity contribution in [3.8, 4) is 0 Å². The van der Waals surface area contributed by atoms with Gasteiger partial charge in [0.2, 0.25) is 0 Å². The van der Waals surface area contributed by atoms with E-state index >= 15 is 0 Å². The molecule has 7 heteroatoms. The Morgan fingerprint density at radius 2 is 2.08 bits per heavy atom. The van der Waals surface area contributed by atoms with E-state index in [1.54, 1.807) is 18.5 Å². The summed E-state index contributed by atoms with van der Waals surface area (Å²) in [6.07, 6.45) is 5.58. The van der Waals surface area contributed by atoms with Crippen LogP contribution < -0.4 is 0 Å². The fourth-order valence-electron chi connectivity index (χ4n) is 3.70. The van der Waals surface area contributed by atoms with Crippen LogP contribution in [0.3, 0.4) is 0 Å². The highest BCUT2D eigenvalue weighted by Gasteiger charge is 2.40. The van der Waals surface area contributed by atoms with E-state index in [9.17, 15) is 9.59 Å². The summed E-state index contributed by atoms with van der Waals surface area (Å²) in [6, 6.07) is 2.11. The summed E-state index contributed by atoms with van der Waals surface area (Å²) in [7, 11) is 0. The summed E-state index contributed by atoms with van der Waals surface area (Å²) in [5, 5.41) is 0. The van der Waals surface area contributed by atoms with Crippen LogP contribution in [0, 0.1) is 5.92 Å². The maximum atomic E-state index is 12.6. The molecule has 3 rings (SSSR count). The Labute approximate surface area is 156 Å². The molecule has 0 aliphatic carbocycles. The quantitative estimate of drug-likeness (QED) is 0.764. The lowest BCUT2D eigenvalue weighted by Gasteiger charge is -2.38. The van der Waals surface area contributed by atoms with Crippen LogP contribution in [0.25, 0.3) is 0 Å². The van der Waals surface area contributed by atoms with Gasteiger partial charge in [0.1, 0.15) is 6.61 Å². The number of nitrogens with zero attached hydrogens (tertiary/aromatic N) is 3.